The van der Waals surface area contributed by atoms with Gasteiger partial charge in [-0.3, -0.25) is 14.9 Å². The Kier molecular flexibility index (Phi) is 6.69. The van der Waals surface area contributed by atoms with Gasteiger partial charge in [-0.25, -0.2) is 5.43 Å². The van der Waals surface area contributed by atoms with E-state index in [4.69, 9.17) is 0 Å². The Balaban J connectivity index is 1.60. The normalized spacial score (nSPS) is 10.9. The predicted octanol–water partition coefficient (Wildman–Crippen LogP) is 3.12. The zero-order valence-corrected chi connectivity index (χ0v) is 16.4. The van der Waals surface area contributed by atoms with Crippen molar-refractivity contribution in [2.75, 3.05) is 5.75 Å². The number of nitro benzene ring substituents is 1. The number of hydrogen-bond acceptors (Lipinski definition) is 7. The molecule has 0 spiro atoms. The van der Waals surface area contributed by atoms with Gasteiger partial charge < -0.3 is 4.57 Å². The second kappa shape index (κ2) is 9.60. The number of benzene rings is 2. The summed E-state index contributed by atoms with van der Waals surface area (Å²) in [6, 6.07) is 15.9. The number of rotatable bonds is 8. The van der Waals surface area contributed by atoms with Crippen LogP contribution in [0.1, 0.15) is 12.5 Å². The summed E-state index contributed by atoms with van der Waals surface area (Å²) >= 11 is 1.24. The van der Waals surface area contributed by atoms with E-state index in [1.165, 1.54) is 24.0 Å². The first kappa shape index (κ1) is 20.2. The van der Waals surface area contributed by atoms with Crippen molar-refractivity contribution in [3.8, 4) is 11.4 Å². The number of aromatic nitrogens is 3. The van der Waals surface area contributed by atoms with Crippen LogP contribution in [-0.2, 0) is 11.3 Å². The first-order valence-corrected chi connectivity index (χ1v) is 9.75. The Morgan fingerprint density at radius 2 is 1.93 bits per heavy atom. The SMILES string of the molecule is CCn1c(SCC(=O)N/N=C\c2ccccc2[N+](=O)[O-])nnc1-c1ccccc1. The van der Waals surface area contributed by atoms with Gasteiger partial charge in [0.25, 0.3) is 11.6 Å². The van der Waals surface area contributed by atoms with E-state index < -0.39 is 4.92 Å². The minimum Gasteiger partial charge on any atom is -0.302 e. The van der Waals surface area contributed by atoms with E-state index in [1.54, 1.807) is 18.2 Å². The predicted molar refractivity (Wildman–Crippen MR) is 111 cm³/mol. The van der Waals surface area contributed by atoms with Crippen molar-refractivity contribution in [1.82, 2.24) is 20.2 Å². The van der Waals surface area contributed by atoms with Gasteiger partial charge >= 0.3 is 0 Å². The Hall–Kier alpha value is -3.53. The van der Waals surface area contributed by atoms with Crippen molar-refractivity contribution in [1.29, 1.82) is 0 Å². The van der Waals surface area contributed by atoms with Crippen LogP contribution in [0.15, 0.2) is 64.9 Å². The summed E-state index contributed by atoms with van der Waals surface area (Å²) in [6.45, 7) is 2.65. The lowest BCUT2D eigenvalue weighted by Crippen LogP contribution is -2.20. The van der Waals surface area contributed by atoms with Crippen molar-refractivity contribution in [2.45, 2.75) is 18.6 Å². The third-order valence-electron chi connectivity index (χ3n) is 3.92. The third kappa shape index (κ3) is 5.05. The van der Waals surface area contributed by atoms with Crippen molar-refractivity contribution in [2.24, 2.45) is 5.10 Å². The number of amides is 1. The second-order valence-corrected chi connectivity index (χ2v) is 6.76. The third-order valence-corrected chi connectivity index (χ3v) is 4.89. The van der Waals surface area contributed by atoms with Crippen LogP contribution in [0.25, 0.3) is 11.4 Å². The Morgan fingerprint density at radius 1 is 1.21 bits per heavy atom. The molecule has 3 aromatic rings. The number of carbonyl (C=O) groups is 1. The molecule has 29 heavy (non-hydrogen) atoms. The quantitative estimate of drug-likeness (QED) is 0.264. The molecule has 3 rings (SSSR count). The number of hydrazone groups is 1. The Bertz CT molecular complexity index is 1040. The number of hydrogen-bond donors (Lipinski definition) is 1. The van der Waals surface area contributed by atoms with E-state index >= 15 is 0 Å². The molecule has 1 aromatic heterocycles. The lowest BCUT2D eigenvalue weighted by molar-refractivity contribution is -0.385. The molecule has 1 amide bonds. The van der Waals surface area contributed by atoms with Crippen LogP contribution < -0.4 is 5.43 Å². The van der Waals surface area contributed by atoms with Gasteiger partial charge in [-0.05, 0) is 13.0 Å². The maximum Gasteiger partial charge on any atom is 0.278 e. The highest BCUT2D eigenvalue weighted by molar-refractivity contribution is 7.99. The first-order valence-electron chi connectivity index (χ1n) is 8.77. The van der Waals surface area contributed by atoms with Gasteiger partial charge in [0.05, 0.1) is 22.5 Å². The van der Waals surface area contributed by atoms with Crippen LogP contribution in [-0.4, -0.2) is 37.6 Å². The molecule has 0 aliphatic rings. The fraction of sp³-hybridized carbons (Fsp3) is 0.158. The summed E-state index contributed by atoms with van der Waals surface area (Å²) in [4.78, 5) is 22.5. The van der Waals surface area contributed by atoms with Gasteiger partial charge in [0.15, 0.2) is 11.0 Å². The molecule has 10 heteroatoms. The standard InChI is InChI=1S/C19H18N6O3S/c1-2-24-18(14-8-4-3-5-9-14)22-23-19(24)29-13-17(26)21-20-12-15-10-6-7-11-16(15)25(27)28/h3-12H,2,13H2,1H3,(H,21,26)/b20-12-. The van der Waals surface area contributed by atoms with Crippen molar-refractivity contribution in [3.05, 3.63) is 70.3 Å². The number of nitrogens with one attached hydrogen (secondary N) is 1. The molecule has 0 saturated carbocycles. The minimum atomic E-state index is -0.499. The largest absolute Gasteiger partial charge is 0.302 e. The summed E-state index contributed by atoms with van der Waals surface area (Å²) in [5.41, 5.74) is 3.55. The van der Waals surface area contributed by atoms with Crippen LogP contribution in [0.3, 0.4) is 0 Å². The van der Waals surface area contributed by atoms with E-state index in [9.17, 15) is 14.9 Å². The molecule has 2 aromatic carbocycles. The molecule has 0 unspecified atom stereocenters. The van der Waals surface area contributed by atoms with E-state index in [0.717, 1.165) is 11.4 Å². The lowest BCUT2D eigenvalue weighted by Gasteiger charge is -2.06. The maximum atomic E-state index is 12.1. The molecule has 1 N–H and O–H groups in total. The monoisotopic (exact) mass is 410 g/mol. The molecule has 148 valence electrons. The van der Waals surface area contributed by atoms with Crippen LogP contribution in [0, 0.1) is 10.1 Å². The minimum absolute atomic E-state index is 0.0793. The highest BCUT2D eigenvalue weighted by Gasteiger charge is 2.14. The molecule has 0 atom stereocenters. The highest BCUT2D eigenvalue weighted by atomic mass is 32.2. The smallest absolute Gasteiger partial charge is 0.278 e. The van der Waals surface area contributed by atoms with Crippen LogP contribution >= 0.6 is 11.8 Å². The molecule has 0 saturated heterocycles. The molecule has 0 aliphatic carbocycles. The summed E-state index contributed by atoms with van der Waals surface area (Å²) < 4.78 is 1.93. The molecular weight excluding hydrogens is 392 g/mol. The van der Waals surface area contributed by atoms with Gasteiger partial charge in [-0.15, -0.1) is 10.2 Å². The number of nitrogens with zero attached hydrogens (tertiary/aromatic N) is 5. The Labute approximate surface area is 171 Å². The van der Waals surface area contributed by atoms with Gasteiger partial charge in [0.1, 0.15) is 0 Å². The molecule has 0 aliphatic heterocycles. The maximum absolute atomic E-state index is 12.1. The Morgan fingerprint density at radius 3 is 2.66 bits per heavy atom. The molecule has 0 radical (unpaired) electrons. The van der Waals surface area contributed by atoms with Crippen molar-refractivity contribution < 1.29 is 9.72 Å². The van der Waals surface area contributed by atoms with E-state index in [-0.39, 0.29) is 17.3 Å². The van der Waals surface area contributed by atoms with Crippen LogP contribution in [0.5, 0.6) is 0 Å². The number of carbonyl (C=O) groups excluding carboxylic acids is 1. The van der Waals surface area contributed by atoms with Crippen LogP contribution in [0.2, 0.25) is 0 Å². The van der Waals surface area contributed by atoms with Gasteiger partial charge in [-0.1, -0.05) is 54.2 Å². The zero-order chi connectivity index (χ0) is 20.6. The number of nitro groups is 1. The number of thioether (sulfide) groups is 1. The molecule has 0 bridgehead atoms. The van der Waals surface area contributed by atoms with Crippen molar-refractivity contribution in [3.63, 3.8) is 0 Å². The molecule has 0 fully saturated rings. The first-order chi connectivity index (χ1) is 14.1. The van der Waals surface area contributed by atoms with Gasteiger partial charge in [0.2, 0.25) is 0 Å². The van der Waals surface area contributed by atoms with E-state index in [2.05, 4.69) is 20.7 Å². The van der Waals surface area contributed by atoms with Crippen LogP contribution in [0.4, 0.5) is 5.69 Å². The average Bonchev–Trinajstić information content (AvgIpc) is 3.16. The zero-order valence-electron chi connectivity index (χ0n) is 15.6. The highest BCUT2D eigenvalue weighted by Crippen LogP contribution is 2.23. The number of para-hydroxylation sites is 1. The molecular formula is C19H18N6O3S. The fourth-order valence-electron chi connectivity index (χ4n) is 2.58. The second-order valence-electron chi connectivity index (χ2n) is 5.81. The summed E-state index contributed by atoms with van der Waals surface area (Å²) in [6.07, 6.45) is 1.25. The van der Waals surface area contributed by atoms with Gasteiger partial charge in [0, 0.05) is 18.2 Å². The average molecular weight is 410 g/mol. The summed E-state index contributed by atoms with van der Waals surface area (Å²) in [5.74, 6) is 0.475. The molecule has 9 nitrogen and oxygen atoms in total. The fourth-order valence-corrected chi connectivity index (χ4v) is 3.38. The summed E-state index contributed by atoms with van der Waals surface area (Å²) in [7, 11) is 0. The lowest BCUT2D eigenvalue weighted by atomic mass is 10.2. The van der Waals surface area contributed by atoms with Crippen molar-refractivity contribution >= 4 is 29.6 Å². The summed E-state index contributed by atoms with van der Waals surface area (Å²) in [5, 5.41) is 23.8. The van der Waals surface area contributed by atoms with E-state index in [0.29, 0.717) is 17.3 Å². The van der Waals surface area contributed by atoms with E-state index in [1.807, 2.05) is 41.8 Å². The van der Waals surface area contributed by atoms with Gasteiger partial charge in [-0.2, -0.15) is 5.10 Å². The molecule has 1 heterocycles. The topological polar surface area (TPSA) is 115 Å².